The normalized spacial score (nSPS) is 15.3. The minimum Gasteiger partial charge on any atom is -0.391 e. The first-order chi connectivity index (χ1) is 16.8. The highest BCUT2D eigenvalue weighted by Gasteiger charge is 2.27. The van der Waals surface area contributed by atoms with Gasteiger partial charge in [-0.25, -0.2) is 14.8 Å². The van der Waals surface area contributed by atoms with Crippen LogP contribution >= 0.6 is 0 Å². The van der Waals surface area contributed by atoms with Gasteiger partial charge in [-0.1, -0.05) is 24.3 Å². The Labute approximate surface area is 198 Å². The molecule has 5 rings (SSSR count). The second-order valence-electron chi connectivity index (χ2n) is 8.46. The second kappa shape index (κ2) is 10.4. The molecule has 0 fully saturated rings. The zero-order valence-corrected chi connectivity index (χ0v) is 19.0. The van der Waals surface area contributed by atoms with Crippen molar-refractivity contribution in [2.45, 2.75) is 38.3 Å². The molecule has 174 valence electrons. The lowest BCUT2D eigenvalue weighted by molar-refractivity contribution is 0.158. The van der Waals surface area contributed by atoms with Gasteiger partial charge in [-0.3, -0.25) is 9.88 Å². The molecule has 1 amide bonds. The summed E-state index contributed by atoms with van der Waals surface area (Å²) in [6.45, 7) is 1.99. The Bertz CT molecular complexity index is 1210. The molecule has 0 saturated carbocycles. The molecule has 1 aromatic carbocycles. The lowest BCUT2D eigenvalue weighted by atomic mass is 9.90. The number of hydrogen-bond donors (Lipinski definition) is 2. The van der Waals surface area contributed by atoms with Crippen LogP contribution in [0, 0.1) is 0 Å². The van der Waals surface area contributed by atoms with Crippen LogP contribution in [0.2, 0.25) is 0 Å². The lowest BCUT2D eigenvalue weighted by Crippen LogP contribution is -2.35. The van der Waals surface area contributed by atoms with Gasteiger partial charge in [-0.15, -0.1) is 0 Å². The summed E-state index contributed by atoms with van der Waals surface area (Å²) in [5, 5.41) is 2.83. The molecule has 1 atom stereocenters. The van der Waals surface area contributed by atoms with E-state index in [1.807, 2.05) is 36.5 Å². The van der Waals surface area contributed by atoms with Crippen LogP contribution in [0.3, 0.4) is 0 Å². The van der Waals surface area contributed by atoms with E-state index in [0.717, 1.165) is 54.8 Å². The average molecular weight is 457 g/mol. The number of aromatic amines is 1. The number of imidazole rings is 1. The van der Waals surface area contributed by atoms with E-state index in [2.05, 4.69) is 26.3 Å². The third kappa shape index (κ3) is 5.23. The minimum atomic E-state index is -0.493. The summed E-state index contributed by atoms with van der Waals surface area (Å²) in [4.78, 5) is 31.5. The van der Waals surface area contributed by atoms with Crippen molar-refractivity contribution in [1.82, 2.24) is 30.2 Å². The van der Waals surface area contributed by atoms with Gasteiger partial charge in [-0.05, 0) is 55.5 Å². The van der Waals surface area contributed by atoms with Crippen LogP contribution in [0.4, 0.5) is 4.79 Å². The van der Waals surface area contributed by atoms with Crippen LogP contribution in [0.1, 0.15) is 42.4 Å². The smallest absolute Gasteiger partial charge is 0.391 e. The lowest BCUT2D eigenvalue weighted by Gasteiger charge is -2.34. The molecule has 0 saturated heterocycles. The average Bonchev–Trinajstić information content (AvgIpc) is 3.29. The van der Waals surface area contributed by atoms with Gasteiger partial charge in [0, 0.05) is 31.5 Å². The molecule has 0 bridgehead atoms. The molecule has 1 unspecified atom stereocenters. The van der Waals surface area contributed by atoms with Gasteiger partial charge in [-0.2, -0.15) is 0 Å². The molecule has 0 aliphatic heterocycles. The highest BCUT2D eigenvalue weighted by atomic mass is 16.6. The van der Waals surface area contributed by atoms with Crippen molar-refractivity contribution in [2.24, 2.45) is 0 Å². The highest BCUT2D eigenvalue weighted by Crippen LogP contribution is 2.33. The molecule has 0 radical (unpaired) electrons. The number of aryl methyl sites for hydroxylation is 1. The topological polar surface area (TPSA) is 96.0 Å². The number of nitrogens with one attached hydrogen (secondary N) is 2. The van der Waals surface area contributed by atoms with Gasteiger partial charge >= 0.3 is 6.09 Å². The summed E-state index contributed by atoms with van der Waals surface area (Å²) >= 11 is 0. The number of fused-ring (bicyclic) bond motifs is 2. The quantitative estimate of drug-likeness (QED) is 0.381. The van der Waals surface area contributed by atoms with Gasteiger partial charge in [0.25, 0.3) is 0 Å². The zero-order valence-electron chi connectivity index (χ0n) is 19.0. The second-order valence-corrected chi connectivity index (χ2v) is 8.46. The van der Waals surface area contributed by atoms with Gasteiger partial charge in [0.2, 0.25) is 5.88 Å². The van der Waals surface area contributed by atoms with Crippen molar-refractivity contribution in [3.8, 4) is 5.88 Å². The van der Waals surface area contributed by atoms with Crippen molar-refractivity contribution in [2.75, 3.05) is 13.1 Å². The van der Waals surface area contributed by atoms with Crippen LogP contribution < -0.4 is 10.1 Å². The summed E-state index contributed by atoms with van der Waals surface area (Å²) < 4.78 is 5.21. The fourth-order valence-electron chi connectivity index (χ4n) is 4.57. The Morgan fingerprint density at radius 2 is 1.97 bits per heavy atom. The summed E-state index contributed by atoms with van der Waals surface area (Å²) in [5.74, 6) is 1.23. The van der Waals surface area contributed by atoms with Crippen LogP contribution in [-0.2, 0) is 13.0 Å². The third-order valence-corrected chi connectivity index (χ3v) is 6.12. The Kier molecular flexibility index (Phi) is 6.76. The number of nitrogens with zero attached hydrogens (tertiary/aromatic N) is 4. The van der Waals surface area contributed by atoms with Gasteiger partial charge in [0.15, 0.2) is 0 Å². The van der Waals surface area contributed by atoms with Crippen LogP contribution in [0.15, 0.2) is 67.0 Å². The van der Waals surface area contributed by atoms with Crippen molar-refractivity contribution < 1.29 is 9.53 Å². The van der Waals surface area contributed by atoms with Crippen molar-refractivity contribution in [3.05, 3.63) is 84.1 Å². The number of hydrogen-bond acceptors (Lipinski definition) is 6. The predicted molar refractivity (Wildman–Crippen MR) is 129 cm³/mol. The minimum absolute atomic E-state index is 0.221. The number of para-hydroxylation sites is 2. The van der Waals surface area contributed by atoms with Gasteiger partial charge < -0.3 is 15.0 Å². The molecule has 8 heteroatoms. The van der Waals surface area contributed by atoms with E-state index in [-0.39, 0.29) is 11.9 Å². The Morgan fingerprint density at radius 3 is 2.85 bits per heavy atom. The molecule has 1 aliphatic carbocycles. The van der Waals surface area contributed by atoms with E-state index in [0.29, 0.717) is 13.1 Å². The maximum absolute atomic E-state index is 12.1. The molecule has 2 N–H and O–H groups in total. The Hall–Kier alpha value is -3.78. The third-order valence-electron chi connectivity index (χ3n) is 6.12. The first-order valence-corrected chi connectivity index (χ1v) is 11.7. The standard InChI is InChI=1S/C26H28N6O2/c33-26(34-24-13-3-4-14-27-24)29-16-7-17-32(18-23-30-20-10-1-2-11-21(20)31-23)22-12-5-8-19-9-6-15-28-25(19)22/h1-4,6,9-11,13-15,22H,5,7-8,12,16-18H2,(H,29,33)(H,30,31). The van der Waals surface area contributed by atoms with E-state index in [4.69, 9.17) is 14.7 Å². The van der Waals surface area contributed by atoms with Crippen molar-refractivity contribution >= 4 is 17.1 Å². The number of aromatic nitrogens is 4. The molecule has 0 spiro atoms. The number of carbonyl (C=O) groups is 1. The number of ether oxygens (including phenoxy) is 1. The number of pyridine rings is 2. The molecule has 8 nitrogen and oxygen atoms in total. The molecule has 3 heterocycles. The van der Waals surface area contributed by atoms with E-state index in [9.17, 15) is 4.79 Å². The van der Waals surface area contributed by atoms with E-state index >= 15 is 0 Å². The Balaban J connectivity index is 1.26. The zero-order chi connectivity index (χ0) is 23.2. The summed E-state index contributed by atoms with van der Waals surface area (Å²) in [7, 11) is 0. The number of amides is 1. The molecule has 1 aliphatic rings. The van der Waals surface area contributed by atoms with Gasteiger partial charge in [0.1, 0.15) is 5.82 Å². The predicted octanol–water partition coefficient (Wildman–Crippen LogP) is 4.41. The van der Waals surface area contributed by atoms with E-state index < -0.39 is 6.09 Å². The fourth-order valence-corrected chi connectivity index (χ4v) is 4.57. The summed E-state index contributed by atoms with van der Waals surface area (Å²) in [5.41, 5.74) is 4.50. The molecule has 34 heavy (non-hydrogen) atoms. The van der Waals surface area contributed by atoms with Gasteiger partial charge in [0.05, 0.1) is 29.3 Å². The largest absolute Gasteiger partial charge is 0.413 e. The number of carbonyl (C=O) groups excluding carboxylic acids is 1. The number of H-pyrrole nitrogens is 1. The van der Waals surface area contributed by atoms with Crippen molar-refractivity contribution in [3.63, 3.8) is 0 Å². The number of benzene rings is 1. The first kappa shape index (κ1) is 22.0. The highest BCUT2D eigenvalue weighted by molar-refractivity contribution is 5.74. The Morgan fingerprint density at radius 1 is 1.09 bits per heavy atom. The van der Waals surface area contributed by atoms with Crippen molar-refractivity contribution in [1.29, 1.82) is 0 Å². The molecule has 3 aromatic heterocycles. The first-order valence-electron chi connectivity index (χ1n) is 11.7. The van der Waals surface area contributed by atoms with Crippen LogP contribution in [0.25, 0.3) is 11.0 Å². The SMILES string of the molecule is O=C(NCCCN(Cc1nc2ccccc2[nH]1)C1CCCc2cccnc21)Oc1ccccn1. The van der Waals surface area contributed by atoms with E-state index in [1.54, 1.807) is 24.4 Å². The summed E-state index contributed by atoms with van der Waals surface area (Å²) in [6, 6.07) is 17.7. The molecular formula is C26H28N6O2. The monoisotopic (exact) mass is 456 g/mol. The molecule has 4 aromatic rings. The maximum Gasteiger partial charge on any atom is 0.413 e. The fraction of sp³-hybridized carbons (Fsp3) is 0.308. The maximum atomic E-state index is 12.1. The summed E-state index contributed by atoms with van der Waals surface area (Å²) in [6.07, 6.45) is 7.01. The number of rotatable bonds is 8. The van der Waals surface area contributed by atoms with Crippen LogP contribution in [0.5, 0.6) is 5.88 Å². The van der Waals surface area contributed by atoms with Crippen LogP contribution in [-0.4, -0.2) is 44.0 Å². The molecular weight excluding hydrogens is 428 g/mol. The van der Waals surface area contributed by atoms with E-state index in [1.165, 1.54) is 5.56 Å².